The Balaban J connectivity index is 0.000000441. The second kappa shape index (κ2) is 30.1. The molecule has 0 aliphatic rings. The number of benzene rings is 4. The molecular formula is C48H64Cl5N5O8. The van der Waals surface area contributed by atoms with E-state index in [9.17, 15) is 19.2 Å². The number of anilines is 1. The van der Waals surface area contributed by atoms with Crippen LogP contribution in [0.2, 0.25) is 25.1 Å². The van der Waals surface area contributed by atoms with Gasteiger partial charge in [-0.15, -0.1) is 0 Å². The first kappa shape index (κ1) is 60.5. The maximum Gasteiger partial charge on any atom is 0.179 e. The van der Waals surface area contributed by atoms with Gasteiger partial charge in [0.1, 0.15) is 0 Å². The highest BCUT2D eigenvalue weighted by Gasteiger charge is 2.24. The zero-order chi connectivity index (χ0) is 50.4. The molecule has 4 aromatic carbocycles. The van der Waals surface area contributed by atoms with Gasteiger partial charge in [0.2, 0.25) is 0 Å². The molecule has 0 radical (unpaired) electrons. The van der Waals surface area contributed by atoms with Crippen LogP contribution in [0.25, 0.3) is 0 Å². The number of carbonyl (C=O) groups is 4. The van der Waals surface area contributed by atoms with Crippen LogP contribution in [0.1, 0.15) is 96.8 Å². The summed E-state index contributed by atoms with van der Waals surface area (Å²) in [5.41, 5.74) is 6.99. The third-order valence-electron chi connectivity index (χ3n) is 9.37. The molecule has 0 aliphatic carbocycles. The van der Waals surface area contributed by atoms with Gasteiger partial charge in [-0.25, -0.2) is 0 Å². The summed E-state index contributed by atoms with van der Waals surface area (Å²) < 4.78 is 0. The molecule has 0 heterocycles. The van der Waals surface area contributed by atoms with Crippen molar-refractivity contribution >= 4 is 86.8 Å². The van der Waals surface area contributed by atoms with Gasteiger partial charge < -0.3 is 47.4 Å². The van der Waals surface area contributed by atoms with E-state index in [1.165, 1.54) is 12.1 Å². The zero-order valence-electron chi connectivity index (χ0n) is 38.5. The number of rotatable bonds is 20. The maximum atomic E-state index is 12.1. The molecule has 0 aromatic heterocycles. The molecule has 4 aromatic rings. The summed E-state index contributed by atoms with van der Waals surface area (Å²) in [5, 5.41) is 50.0. The van der Waals surface area contributed by atoms with Gasteiger partial charge in [0, 0.05) is 60.5 Å². The lowest BCUT2D eigenvalue weighted by atomic mass is 10.0. The Hall–Kier alpha value is -3.51. The second-order valence-corrected chi connectivity index (χ2v) is 18.8. The molecule has 13 nitrogen and oxygen atoms in total. The van der Waals surface area contributed by atoms with Crippen molar-refractivity contribution in [3.63, 3.8) is 0 Å². The fourth-order valence-corrected chi connectivity index (χ4v) is 6.41. The molecular weight excluding hydrogens is 952 g/mol. The Labute approximate surface area is 413 Å². The van der Waals surface area contributed by atoms with Gasteiger partial charge in [-0.1, -0.05) is 94.4 Å². The molecule has 10 N–H and O–H groups in total. The summed E-state index contributed by atoms with van der Waals surface area (Å²) >= 11 is 29.1. The van der Waals surface area contributed by atoms with E-state index >= 15 is 0 Å². The number of ketones is 4. The summed E-state index contributed by atoms with van der Waals surface area (Å²) in [6, 6.07) is 22.6. The van der Waals surface area contributed by atoms with Crippen LogP contribution < -0.4 is 27.0 Å². The number of nitrogens with two attached hydrogens (primary N) is 1. The van der Waals surface area contributed by atoms with Crippen LogP contribution in [0.5, 0.6) is 0 Å². The average molecular weight is 1020 g/mol. The first-order chi connectivity index (χ1) is 30.8. The predicted molar refractivity (Wildman–Crippen MR) is 269 cm³/mol. The summed E-state index contributed by atoms with van der Waals surface area (Å²) in [6.07, 6.45) is 0. The normalized spacial score (nSPS) is 13.0. The van der Waals surface area contributed by atoms with Crippen LogP contribution in [-0.4, -0.2) is 118 Å². The third kappa shape index (κ3) is 23.0. The number of halogens is 5. The van der Waals surface area contributed by atoms with Crippen LogP contribution in [0, 0.1) is 0 Å². The van der Waals surface area contributed by atoms with Crippen molar-refractivity contribution in [2.45, 2.75) is 90.6 Å². The standard InChI is InChI=1S/C13H18ClNO2.C12H16Cl2N2O2.C12H16ClNO2.C11H14ClNO2/c1-9(15-13(2,3)8-16)12(17)10-5-4-6-11(14)7-10;1-12(2,6-17)16-5-10(18)7-3-8(13)11(15)9(14)4-7;1-8(7-15)14-9(2)12(16)10-4-3-5-11(13)6-10;1-8(7-14)13-6-11(15)9-3-2-4-10(12)5-9/h4-7,9,15-16H,8H2,1-3H3;3-4,16-17H,5-6,15H2,1-2H3;3-6,8-9,14-15H,7H2,1-2H3;2-5,8,13-14H,6-7H2,1H3. The minimum Gasteiger partial charge on any atom is -0.396 e. The second-order valence-electron chi connectivity index (χ2n) is 16.7. The highest BCUT2D eigenvalue weighted by Crippen LogP contribution is 2.29. The number of hydrogen-bond acceptors (Lipinski definition) is 13. The van der Waals surface area contributed by atoms with Crippen LogP contribution in [0.3, 0.4) is 0 Å². The molecule has 0 saturated carbocycles. The fourth-order valence-electron chi connectivity index (χ4n) is 5.35. The quantitative estimate of drug-likeness (QED) is 0.0305. The van der Waals surface area contributed by atoms with Gasteiger partial charge in [0.15, 0.2) is 23.1 Å². The Morgan fingerprint density at radius 3 is 1.39 bits per heavy atom. The Morgan fingerprint density at radius 1 is 0.561 bits per heavy atom. The lowest BCUT2D eigenvalue weighted by Crippen LogP contribution is -2.50. The molecule has 0 aliphatic heterocycles. The summed E-state index contributed by atoms with van der Waals surface area (Å²) in [7, 11) is 0. The van der Waals surface area contributed by atoms with Gasteiger partial charge in [0.25, 0.3) is 0 Å². The molecule has 66 heavy (non-hydrogen) atoms. The van der Waals surface area contributed by atoms with E-state index in [0.29, 0.717) is 37.3 Å². The molecule has 4 atom stereocenters. The highest BCUT2D eigenvalue weighted by molar-refractivity contribution is 6.39. The van der Waals surface area contributed by atoms with Crippen LogP contribution in [0.4, 0.5) is 5.69 Å². The summed E-state index contributed by atoms with van der Waals surface area (Å²) in [6.45, 7) is 14.7. The van der Waals surface area contributed by atoms with Crippen molar-refractivity contribution in [1.82, 2.24) is 21.3 Å². The fraction of sp³-hybridized carbons (Fsp3) is 0.417. The van der Waals surface area contributed by atoms with Crippen molar-refractivity contribution in [2.24, 2.45) is 0 Å². The Morgan fingerprint density at radius 2 is 0.970 bits per heavy atom. The van der Waals surface area contributed by atoms with Crippen LogP contribution >= 0.6 is 58.0 Å². The van der Waals surface area contributed by atoms with Crippen LogP contribution in [0.15, 0.2) is 84.9 Å². The molecule has 4 unspecified atom stereocenters. The summed E-state index contributed by atoms with van der Waals surface area (Å²) in [5.74, 6) is -0.255. The van der Waals surface area contributed by atoms with E-state index in [-0.39, 0.29) is 103 Å². The van der Waals surface area contributed by atoms with Crippen molar-refractivity contribution in [2.75, 3.05) is 45.3 Å². The molecule has 0 bridgehead atoms. The Kier molecular flexibility index (Phi) is 27.6. The van der Waals surface area contributed by atoms with Crippen molar-refractivity contribution in [3.05, 3.63) is 132 Å². The smallest absolute Gasteiger partial charge is 0.179 e. The predicted octanol–water partition coefficient (Wildman–Crippen LogP) is 7.77. The van der Waals surface area contributed by atoms with E-state index < -0.39 is 11.1 Å². The minimum absolute atomic E-state index is 0.00711. The van der Waals surface area contributed by atoms with E-state index in [1.807, 2.05) is 27.7 Å². The number of aliphatic hydroxyl groups excluding tert-OH is 4. The monoisotopic (exact) mass is 1010 g/mol. The SMILES string of the molecule is CC(C)(CO)NCC(=O)c1cc(Cl)c(N)c(Cl)c1.CC(CO)NC(C)C(=O)c1cccc(Cl)c1.CC(CO)NCC(=O)c1cccc(Cl)c1.CC(NC(C)(C)CO)C(=O)c1cccc(Cl)c1. The lowest BCUT2D eigenvalue weighted by molar-refractivity contribution is 0.0909. The number of nitrogens with one attached hydrogen (secondary N) is 4. The highest BCUT2D eigenvalue weighted by atomic mass is 35.5. The first-order valence-electron chi connectivity index (χ1n) is 20.9. The molecule has 0 fully saturated rings. The van der Waals surface area contributed by atoms with Crippen LogP contribution in [-0.2, 0) is 0 Å². The first-order valence-corrected chi connectivity index (χ1v) is 22.8. The van der Waals surface area contributed by atoms with Crippen molar-refractivity contribution in [3.8, 4) is 0 Å². The van der Waals surface area contributed by atoms with Crippen molar-refractivity contribution in [1.29, 1.82) is 0 Å². The molecule has 0 saturated heterocycles. The Bertz CT molecular complexity index is 2150. The average Bonchev–Trinajstić information content (AvgIpc) is 3.28. The largest absolute Gasteiger partial charge is 0.396 e. The number of hydrogen-bond donors (Lipinski definition) is 9. The van der Waals surface area contributed by atoms with Gasteiger partial charge in [0.05, 0.1) is 67.3 Å². The minimum atomic E-state index is -0.517. The molecule has 18 heteroatoms. The maximum absolute atomic E-state index is 12.1. The van der Waals surface area contributed by atoms with Gasteiger partial charge in [-0.2, -0.15) is 0 Å². The van der Waals surface area contributed by atoms with E-state index in [1.54, 1.807) is 100 Å². The van der Waals surface area contributed by atoms with E-state index in [4.69, 9.17) is 84.2 Å². The third-order valence-corrected chi connectivity index (χ3v) is 10.7. The molecule has 0 amide bonds. The van der Waals surface area contributed by atoms with Gasteiger partial charge in [-0.05, 0) is 104 Å². The number of carbonyl (C=O) groups excluding carboxylic acids is 4. The summed E-state index contributed by atoms with van der Waals surface area (Å²) in [4.78, 5) is 47.6. The topological polar surface area (TPSA) is 223 Å². The van der Waals surface area contributed by atoms with Gasteiger partial charge >= 0.3 is 0 Å². The number of nitrogen functional groups attached to an aromatic ring is 1. The molecule has 364 valence electrons. The van der Waals surface area contributed by atoms with E-state index in [2.05, 4.69) is 21.3 Å². The molecule has 4 rings (SSSR count). The van der Waals surface area contributed by atoms with E-state index in [0.717, 1.165) is 0 Å². The van der Waals surface area contributed by atoms with Gasteiger partial charge in [-0.3, -0.25) is 19.2 Å². The van der Waals surface area contributed by atoms with Crippen molar-refractivity contribution < 1.29 is 39.6 Å². The molecule has 0 spiro atoms. The number of Topliss-reactive ketones (excluding diaryl/α,β-unsaturated/α-hetero) is 4. The zero-order valence-corrected chi connectivity index (χ0v) is 42.3. The lowest BCUT2D eigenvalue weighted by Gasteiger charge is -2.27. The number of aliphatic hydroxyl groups is 4.